The first kappa shape index (κ1) is 22.7. The monoisotopic (exact) mass is 465 g/mol. The van der Waals surface area contributed by atoms with Crippen LogP contribution in [-0.2, 0) is 16.4 Å². The number of nitrogens with one attached hydrogen (secondary N) is 2. The smallest absolute Gasteiger partial charge is 0.265 e. The summed E-state index contributed by atoms with van der Waals surface area (Å²) in [5, 5.41) is 2.88. The summed E-state index contributed by atoms with van der Waals surface area (Å²) in [4.78, 5) is 15.1. The molecule has 0 bridgehead atoms. The van der Waals surface area contributed by atoms with Crippen molar-refractivity contribution in [1.82, 2.24) is 0 Å². The summed E-state index contributed by atoms with van der Waals surface area (Å²) in [6.07, 6.45) is 0.991. The van der Waals surface area contributed by atoms with Gasteiger partial charge in [0.15, 0.2) is 0 Å². The number of anilines is 3. The Labute approximate surface area is 194 Å². The number of carbonyl (C=O) groups excluding carboxylic acids is 1. The summed E-state index contributed by atoms with van der Waals surface area (Å²) in [6, 6.07) is 17.2. The maximum atomic E-state index is 13.1. The molecular weight excluding hydrogens is 438 g/mol. The van der Waals surface area contributed by atoms with Crippen LogP contribution in [0.3, 0.4) is 0 Å². The third-order valence-corrected chi connectivity index (χ3v) is 7.14. The van der Waals surface area contributed by atoms with Gasteiger partial charge in [0.2, 0.25) is 0 Å². The molecule has 0 saturated heterocycles. The minimum atomic E-state index is -3.98. The second kappa shape index (κ2) is 9.15. The number of fused-ring (bicyclic) bond motifs is 1. The summed E-state index contributed by atoms with van der Waals surface area (Å²) in [6.45, 7) is 5.89. The molecule has 1 aliphatic rings. The van der Waals surface area contributed by atoms with E-state index in [2.05, 4.69) is 21.9 Å². The van der Waals surface area contributed by atoms with E-state index < -0.39 is 15.9 Å². The lowest BCUT2D eigenvalue weighted by Gasteiger charge is -2.17. The average Bonchev–Trinajstić information content (AvgIpc) is 3.22. The fourth-order valence-electron chi connectivity index (χ4n) is 3.91. The maximum absolute atomic E-state index is 13.1. The topological polar surface area (TPSA) is 87.7 Å². The van der Waals surface area contributed by atoms with Crippen LogP contribution in [0.2, 0.25) is 0 Å². The highest BCUT2D eigenvalue weighted by molar-refractivity contribution is 7.92. The number of likely N-dealkylation sites (N-methyl/N-ethyl adjacent to an activating group) is 1. The number of nitrogens with zero attached hydrogens (tertiary/aromatic N) is 1. The van der Waals surface area contributed by atoms with E-state index in [1.807, 2.05) is 37.3 Å². The molecule has 0 fully saturated rings. The van der Waals surface area contributed by atoms with Gasteiger partial charge in [-0.05, 0) is 68.3 Å². The van der Waals surface area contributed by atoms with Gasteiger partial charge in [0, 0.05) is 35.7 Å². The van der Waals surface area contributed by atoms with Gasteiger partial charge in [0.1, 0.15) is 10.6 Å². The quantitative estimate of drug-likeness (QED) is 0.539. The van der Waals surface area contributed by atoms with E-state index in [4.69, 9.17) is 4.74 Å². The second-order valence-corrected chi connectivity index (χ2v) is 9.62. The molecule has 0 radical (unpaired) electrons. The normalized spacial score (nSPS) is 12.9. The van der Waals surface area contributed by atoms with Crippen molar-refractivity contribution in [3.05, 3.63) is 77.4 Å². The Morgan fingerprint density at radius 2 is 1.76 bits per heavy atom. The van der Waals surface area contributed by atoms with E-state index in [-0.39, 0.29) is 16.2 Å². The number of amides is 1. The number of hydrogen-bond acceptors (Lipinski definition) is 5. The van der Waals surface area contributed by atoms with Crippen molar-refractivity contribution in [3.63, 3.8) is 0 Å². The van der Waals surface area contributed by atoms with Crippen LogP contribution in [0.5, 0.6) is 5.75 Å². The van der Waals surface area contributed by atoms with Gasteiger partial charge < -0.3 is 15.0 Å². The number of aryl methyl sites for hydroxylation is 1. The van der Waals surface area contributed by atoms with E-state index in [1.54, 1.807) is 18.2 Å². The lowest BCUT2D eigenvalue weighted by molar-refractivity contribution is 0.102. The number of rotatable bonds is 7. The molecule has 172 valence electrons. The molecular formula is C25H27N3O4S. The third-order valence-electron chi connectivity index (χ3n) is 5.74. The Bertz CT molecular complexity index is 1290. The standard InChI is InChI=1S/C25H27N3O4S/c1-4-28-14-13-18-7-11-21(16-22(18)28)26-25(29)19-8-12-23(32-3)24(15-19)33(30,31)27-20-9-5-17(2)6-10-20/h5-12,15-16,27H,4,13-14H2,1-3H3,(H,26,29). The summed E-state index contributed by atoms with van der Waals surface area (Å²) in [5.41, 5.74) is 4.70. The zero-order valence-corrected chi connectivity index (χ0v) is 19.7. The number of carbonyl (C=O) groups is 1. The maximum Gasteiger partial charge on any atom is 0.265 e. The fraction of sp³-hybridized carbons (Fsp3) is 0.240. The van der Waals surface area contributed by atoms with Gasteiger partial charge in [-0.2, -0.15) is 0 Å². The fourth-order valence-corrected chi connectivity index (χ4v) is 5.17. The minimum Gasteiger partial charge on any atom is -0.495 e. The first-order chi connectivity index (χ1) is 15.8. The molecule has 0 aliphatic carbocycles. The van der Waals surface area contributed by atoms with Crippen molar-refractivity contribution in [2.24, 2.45) is 0 Å². The van der Waals surface area contributed by atoms with E-state index in [0.29, 0.717) is 11.4 Å². The lowest BCUT2D eigenvalue weighted by atomic mass is 10.1. The van der Waals surface area contributed by atoms with Gasteiger partial charge in [-0.25, -0.2) is 8.42 Å². The van der Waals surface area contributed by atoms with Crippen molar-refractivity contribution < 1.29 is 17.9 Å². The van der Waals surface area contributed by atoms with Crippen LogP contribution >= 0.6 is 0 Å². The van der Waals surface area contributed by atoms with E-state index >= 15 is 0 Å². The Balaban J connectivity index is 1.60. The van der Waals surface area contributed by atoms with Crippen molar-refractivity contribution in [3.8, 4) is 5.75 Å². The third kappa shape index (κ3) is 4.80. The number of hydrogen-bond donors (Lipinski definition) is 2. The summed E-state index contributed by atoms with van der Waals surface area (Å²) in [5.74, 6) is -0.243. The van der Waals surface area contributed by atoms with Crippen LogP contribution in [0.1, 0.15) is 28.4 Å². The molecule has 0 atom stereocenters. The van der Waals surface area contributed by atoms with Crippen LogP contribution in [0.4, 0.5) is 17.1 Å². The van der Waals surface area contributed by atoms with Gasteiger partial charge >= 0.3 is 0 Å². The highest BCUT2D eigenvalue weighted by Crippen LogP contribution is 2.31. The molecule has 3 aromatic carbocycles. The van der Waals surface area contributed by atoms with Crippen molar-refractivity contribution in [2.45, 2.75) is 25.2 Å². The van der Waals surface area contributed by atoms with E-state index in [1.165, 1.54) is 24.8 Å². The molecule has 4 rings (SSSR count). The van der Waals surface area contributed by atoms with Crippen molar-refractivity contribution in [1.29, 1.82) is 0 Å². The lowest BCUT2D eigenvalue weighted by Crippen LogP contribution is -2.19. The Morgan fingerprint density at radius 1 is 1.03 bits per heavy atom. The highest BCUT2D eigenvalue weighted by atomic mass is 32.2. The largest absolute Gasteiger partial charge is 0.495 e. The Kier molecular flexibility index (Phi) is 6.29. The summed E-state index contributed by atoms with van der Waals surface area (Å²) in [7, 11) is -2.59. The van der Waals surface area contributed by atoms with E-state index in [0.717, 1.165) is 30.8 Å². The SMILES string of the molecule is CCN1CCc2ccc(NC(=O)c3ccc(OC)c(S(=O)(=O)Nc4ccc(C)cc4)c3)cc21. The van der Waals surface area contributed by atoms with E-state index in [9.17, 15) is 13.2 Å². The first-order valence-corrected chi connectivity index (χ1v) is 12.3. The highest BCUT2D eigenvalue weighted by Gasteiger charge is 2.23. The Hall–Kier alpha value is -3.52. The molecule has 33 heavy (non-hydrogen) atoms. The summed E-state index contributed by atoms with van der Waals surface area (Å²) >= 11 is 0. The van der Waals surface area contributed by atoms with Crippen molar-refractivity contribution in [2.75, 3.05) is 35.1 Å². The molecule has 1 aliphatic heterocycles. The molecule has 2 N–H and O–H groups in total. The van der Waals surface area contributed by atoms with Gasteiger partial charge in [0.25, 0.3) is 15.9 Å². The molecule has 1 heterocycles. The predicted molar refractivity (Wildman–Crippen MR) is 131 cm³/mol. The van der Waals surface area contributed by atoms with Crippen molar-refractivity contribution >= 4 is 33.0 Å². The van der Waals surface area contributed by atoms with Gasteiger partial charge in [0.05, 0.1) is 7.11 Å². The zero-order valence-electron chi connectivity index (χ0n) is 18.9. The van der Waals surface area contributed by atoms with Gasteiger partial charge in [-0.15, -0.1) is 0 Å². The first-order valence-electron chi connectivity index (χ1n) is 10.8. The Morgan fingerprint density at radius 3 is 2.45 bits per heavy atom. The summed E-state index contributed by atoms with van der Waals surface area (Å²) < 4.78 is 33.9. The van der Waals surface area contributed by atoms with Crippen LogP contribution in [0.25, 0.3) is 0 Å². The minimum absolute atomic E-state index is 0.107. The second-order valence-electron chi connectivity index (χ2n) is 7.96. The molecule has 0 saturated carbocycles. The number of sulfonamides is 1. The molecule has 8 heteroatoms. The van der Waals surface area contributed by atoms with Gasteiger partial charge in [-0.3, -0.25) is 9.52 Å². The molecule has 0 aromatic heterocycles. The number of methoxy groups -OCH3 is 1. The molecule has 0 spiro atoms. The van der Waals surface area contributed by atoms with Gasteiger partial charge in [-0.1, -0.05) is 23.8 Å². The van der Waals surface area contributed by atoms with Crippen LogP contribution < -0.4 is 19.7 Å². The molecule has 1 amide bonds. The van der Waals surface area contributed by atoms with Crippen LogP contribution in [0, 0.1) is 6.92 Å². The molecule has 0 unspecified atom stereocenters. The molecule has 3 aromatic rings. The zero-order chi connectivity index (χ0) is 23.6. The number of benzene rings is 3. The molecule has 7 nitrogen and oxygen atoms in total. The van der Waals surface area contributed by atoms with Crippen LogP contribution in [0.15, 0.2) is 65.6 Å². The average molecular weight is 466 g/mol. The van der Waals surface area contributed by atoms with Crippen LogP contribution in [-0.4, -0.2) is 34.5 Å². The number of ether oxygens (including phenoxy) is 1. The predicted octanol–water partition coefficient (Wildman–Crippen LogP) is 4.44.